The van der Waals surface area contributed by atoms with Gasteiger partial charge in [-0.05, 0) is 25.8 Å². The average Bonchev–Trinajstić information content (AvgIpc) is 2.78. The highest BCUT2D eigenvalue weighted by atomic mass is 16.5. The van der Waals surface area contributed by atoms with Crippen molar-refractivity contribution in [2.75, 3.05) is 18.2 Å². The van der Waals surface area contributed by atoms with Crippen LogP contribution in [-0.4, -0.2) is 24.1 Å². The number of carbonyl (C=O) groups is 1. The van der Waals surface area contributed by atoms with Gasteiger partial charge in [0.15, 0.2) is 0 Å². The summed E-state index contributed by atoms with van der Waals surface area (Å²) in [7, 11) is 0. The molecular weight excluding hydrogens is 244 g/mol. The summed E-state index contributed by atoms with van der Waals surface area (Å²) in [5.41, 5.74) is 2.77. The van der Waals surface area contributed by atoms with Gasteiger partial charge in [0.2, 0.25) is 0 Å². The Balaban J connectivity index is 2.19. The number of nitrogens with one attached hydrogen (secondary N) is 1. The van der Waals surface area contributed by atoms with E-state index in [2.05, 4.69) is 4.98 Å². The molecule has 1 aliphatic heterocycles. The van der Waals surface area contributed by atoms with Gasteiger partial charge in [-0.1, -0.05) is 12.1 Å². The highest BCUT2D eigenvalue weighted by molar-refractivity contribution is 6.07. The van der Waals surface area contributed by atoms with Crippen molar-refractivity contribution < 1.29 is 9.53 Å². The molecule has 1 aromatic heterocycles. The van der Waals surface area contributed by atoms with Gasteiger partial charge in [0, 0.05) is 17.6 Å². The predicted molar refractivity (Wildman–Crippen MR) is 73.3 cm³/mol. The largest absolute Gasteiger partial charge is 0.758 e. The van der Waals surface area contributed by atoms with E-state index < -0.39 is 0 Å². The van der Waals surface area contributed by atoms with Gasteiger partial charge in [-0.3, -0.25) is 0 Å². The Kier molecular flexibility index (Phi) is 2.91. The molecule has 0 atom stereocenters. The normalized spacial score (nSPS) is 14.5. The van der Waals surface area contributed by atoms with Gasteiger partial charge in [-0.2, -0.15) is 0 Å². The number of hydrogen-bond acceptors (Lipinski definition) is 4. The van der Waals surface area contributed by atoms with Crippen molar-refractivity contribution in [2.24, 2.45) is 0 Å². The maximum Gasteiger partial charge on any atom is 0.340 e. The van der Waals surface area contributed by atoms with E-state index in [9.17, 15) is 10.0 Å². The summed E-state index contributed by atoms with van der Waals surface area (Å²) in [6, 6.07) is 5.37. The molecule has 1 N–H and O–H groups in total. The van der Waals surface area contributed by atoms with Gasteiger partial charge in [0.05, 0.1) is 23.4 Å². The molecule has 2 aromatic rings. The molecule has 2 heterocycles. The number of H-pyrrole nitrogens is 1. The molecule has 0 bridgehead atoms. The van der Waals surface area contributed by atoms with Crippen LogP contribution in [0.4, 0.5) is 5.69 Å². The SMILES string of the molecule is CCOC(=O)c1cccc2c3c([nH]c12)CCCN3[O-]. The van der Waals surface area contributed by atoms with Crippen molar-refractivity contribution in [3.8, 4) is 0 Å². The van der Waals surface area contributed by atoms with Crippen molar-refractivity contribution in [2.45, 2.75) is 19.8 Å². The van der Waals surface area contributed by atoms with Gasteiger partial charge < -0.3 is 20.0 Å². The molecule has 100 valence electrons. The van der Waals surface area contributed by atoms with Gasteiger partial charge in [0.25, 0.3) is 0 Å². The first kappa shape index (κ1) is 12.0. The fraction of sp³-hybridized carbons (Fsp3) is 0.357. The number of carbonyl (C=O) groups excluding carboxylic acids is 1. The first-order chi connectivity index (χ1) is 9.22. The molecule has 3 rings (SSSR count). The number of aromatic amines is 1. The number of rotatable bonds is 2. The number of ether oxygens (including phenoxy) is 1. The van der Waals surface area contributed by atoms with Crippen molar-refractivity contribution in [3.05, 3.63) is 34.7 Å². The summed E-state index contributed by atoms with van der Waals surface area (Å²) in [6.07, 6.45) is 1.67. The van der Waals surface area contributed by atoms with Crippen LogP contribution in [0.5, 0.6) is 0 Å². The number of fused-ring (bicyclic) bond motifs is 3. The Bertz CT molecular complexity index is 633. The second-order valence-electron chi connectivity index (χ2n) is 4.61. The Hall–Kier alpha value is -2.01. The number of esters is 1. The number of nitrogens with zero attached hydrogens (tertiary/aromatic N) is 1. The molecule has 0 amide bonds. The molecule has 0 fully saturated rings. The third kappa shape index (κ3) is 1.86. The first-order valence-corrected chi connectivity index (χ1v) is 6.47. The third-order valence-corrected chi connectivity index (χ3v) is 3.41. The Morgan fingerprint density at radius 2 is 2.37 bits per heavy atom. The van der Waals surface area contributed by atoms with Crippen LogP contribution in [0.1, 0.15) is 29.4 Å². The maximum atomic E-state index is 11.9. The second kappa shape index (κ2) is 4.59. The second-order valence-corrected chi connectivity index (χ2v) is 4.61. The standard InChI is InChI=1S/C14H15N2O3/c1-2-19-14(17)10-6-3-5-9-12(10)15-11-7-4-8-16(18)13(9)11/h3,5-6,15H,2,4,7-8H2,1H3/q-1. The smallest absolute Gasteiger partial charge is 0.340 e. The van der Waals surface area contributed by atoms with E-state index in [1.807, 2.05) is 6.07 Å². The van der Waals surface area contributed by atoms with Crippen LogP contribution < -0.4 is 5.06 Å². The van der Waals surface area contributed by atoms with Crippen LogP contribution in [0, 0.1) is 5.21 Å². The number of hydrogen-bond donors (Lipinski definition) is 1. The molecule has 0 saturated heterocycles. The topological polar surface area (TPSA) is 68.4 Å². The molecule has 5 nitrogen and oxygen atoms in total. The molecule has 0 radical (unpaired) electrons. The number of hydroxylamine groups is 1. The summed E-state index contributed by atoms with van der Waals surface area (Å²) in [5.74, 6) is -0.357. The third-order valence-electron chi connectivity index (χ3n) is 3.41. The minimum Gasteiger partial charge on any atom is -0.758 e. The zero-order valence-electron chi connectivity index (χ0n) is 10.7. The lowest BCUT2D eigenvalue weighted by Gasteiger charge is -2.34. The van der Waals surface area contributed by atoms with E-state index in [-0.39, 0.29) is 5.97 Å². The Morgan fingerprint density at radius 1 is 1.53 bits per heavy atom. The Morgan fingerprint density at radius 3 is 3.16 bits per heavy atom. The summed E-state index contributed by atoms with van der Waals surface area (Å²) in [5, 5.41) is 13.8. The molecule has 19 heavy (non-hydrogen) atoms. The van der Waals surface area contributed by atoms with Crippen LogP contribution in [0.25, 0.3) is 10.9 Å². The number of aromatic nitrogens is 1. The van der Waals surface area contributed by atoms with Gasteiger partial charge in [0.1, 0.15) is 0 Å². The molecule has 0 spiro atoms. The molecule has 1 aromatic carbocycles. The van der Waals surface area contributed by atoms with E-state index in [4.69, 9.17) is 4.74 Å². The van der Waals surface area contributed by atoms with Crippen molar-refractivity contribution in [1.29, 1.82) is 0 Å². The quantitative estimate of drug-likeness (QED) is 0.842. The zero-order chi connectivity index (χ0) is 13.4. The van der Waals surface area contributed by atoms with Crippen LogP contribution >= 0.6 is 0 Å². The van der Waals surface area contributed by atoms with Gasteiger partial charge in [-0.25, -0.2) is 4.79 Å². The predicted octanol–water partition coefficient (Wildman–Crippen LogP) is 2.60. The van der Waals surface area contributed by atoms with E-state index in [1.165, 1.54) is 0 Å². The van der Waals surface area contributed by atoms with Crippen molar-refractivity contribution in [1.82, 2.24) is 4.98 Å². The average molecular weight is 259 g/mol. The van der Waals surface area contributed by atoms with Gasteiger partial charge in [-0.15, -0.1) is 0 Å². The number of para-hydroxylation sites is 1. The molecule has 0 saturated carbocycles. The summed E-state index contributed by atoms with van der Waals surface area (Å²) >= 11 is 0. The monoisotopic (exact) mass is 259 g/mol. The zero-order valence-corrected chi connectivity index (χ0v) is 10.7. The number of anilines is 1. The highest BCUT2D eigenvalue weighted by Gasteiger charge is 2.20. The lowest BCUT2D eigenvalue weighted by Crippen LogP contribution is -2.22. The van der Waals surface area contributed by atoms with Crippen LogP contribution in [0.15, 0.2) is 18.2 Å². The first-order valence-electron chi connectivity index (χ1n) is 6.47. The number of benzene rings is 1. The highest BCUT2D eigenvalue weighted by Crippen LogP contribution is 2.35. The van der Waals surface area contributed by atoms with Gasteiger partial charge >= 0.3 is 5.97 Å². The minimum absolute atomic E-state index is 0.337. The fourth-order valence-corrected chi connectivity index (χ4v) is 2.61. The molecular formula is C14H15N2O3-. The summed E-state index contributed by atoms with van der Waals surface area (Å²) in [6.45, 7) is 2.62. The summed E-state index contributed by atoms with van der Waals surface area (Å²) in [4.78, 5) is 15.1. The lowest BCUT2D eigenvalue weighted by atomic mass is 10.1. The molecule has 1 aliphatic rings. The van der Waals surface area contributed by atoms with Crippen LogP contribution in [0.2, 0.25) is 0 Å². The number of aryl methyl sites for hydroxylation is 1. The van der Waals surface area contributed by atoms with E-state index in [0.717, 1.165) is 29.0 Å². The molecule has 0 aliphatic carbocycles. The van der Waals surface area contributed by atoms with Crippen molar-refractivity contribution in [3.63, 3.8) is 0 Å². The van der Waals surface area contributed by atoms with E-state index in [0.29, 0.717) is 29.9 Å². The van der Waals surface area contributed by atoms with Crippen LogP contribution in [-0.2, 0) is 11.2 Å². The van der Waals surface area contributed by atoms with E-state index in [1.54, 1.807) is 19.1 Å². The molecule has 0 unspecified atom stereocenters. The van der Waals surface area contributed by atoms with Crippen LogP contribution in [0.3, 0.4) is 0 Å². The lowest BCUT2D eigenvalue weighted by molar-refractivity contribution is 0.0528. The molecule has 5 heteroatoms. The van der Waals surface area contributed by atoms with Crippen molar-refractivity contribution >= 4 is 22.6 Å². The summed E-state index contributed by atoms with van der Waals surface area (Å²) < 4.78 is 5.04. The Labute approximate surface area is 110 Å². The fourth-order valence-electron chi connectivity index (χ4n) is 2.61. The minimum atomic E-state index is -0.357. The maximum absolute atomic E-state index is 11.9. The van der Waals surface area contributed by atoms with E-state index >= 15 is 0 Å².